The van der Waals surface area contributed by atoms with Crippen molar-refractivity contribution >= 4 is 0 Å². The lowest BCUT2D eigenvalue weighted by atomic mass is 9.94. The van der Waals surface area contributed by atoms with Gasteiger partial charge >= 0.3 is 0 Å². The summed E-state index contributed by atoms with van der Waals surface area (Å²) < 4.78 is 0. The molecule has 124 valence electrons. The zero-order chi connectivity index (χ0) is 16.8. The van der Waals surface area contributed by atoms with Gasteiger partial charge < -0.3 is 5.32 Å². The van der Waals surface area contributed by atoms with Crippen LogP contribution < -0.4 is 5.32 Å². The standard InChI is InChI=1S/C22H31N/c1-16(2)14-18-6-10-20(11-7-18)22(23-5)21-12-8-19(9-13-21)15-17(3)4/h6-13,16-17,22-23H,14-15H2,1-5H3. The number of nitrogens with one attached hydrogen (secondary N) is 1. The lowest BCUT2D eigenvalue weighted by Gasteiger charge is -2.18. The molecule has 2 aromatic carbocycles. The van der Waals surface area contributed by atoms with Crippen LogP contribution in [0.15, 0.2) is 48.5 Å². The van der Waals surface area contributed by atoms with Gasteiger partial charge in [0.2, 0.25) is 0 Å². The zero-order valence-corrected chi connectivity index (χ0v) is 15.3. The van der Waals surface area contributed by atoms with Crippen molar-refractivity contribution in [1.29, 1.82) is 0 Å². The highest BCUT2D eigenvalue weighted by atomic mass is 14.9. The van der Waals surface area contributed by atoms with E-state index in [1.807, 2.05) is 7.05 Å². The highest BCUT2D eigenvalue weighted by molar-refractivity contribution is 5.35. The van der Waals surface area contributed by atoms with Gasteiger partial charge in [-0.1, -0.05) is 76.2 Å². The van der Waals surface area contributed by atoms with E-state index in [-0.39, 0.29) is 6.04 Å². The second-order valence-electron chi connectivity index (χ2n) is 7.40. The molecule has 23 heavy (non-hydrogen) atoms. The SMILES string of the molecule is CNC(c1ccc(CC(C)C)cc1)c1ccc(CC(C)C)cc1. The molecule has 0 atom stereocenters. The van der Waals surface area contributed by atoms with Crippen molar-refractivity contribution in [2.45, 2.75) is 46.6 Å². The quantitative estimate of drug-likeness (QED) is 0.723. The molecule has 0 heterocycles. The van der Waals surface area contributed by atoms with E-state index in [0.717, 1.165) is 12.8 Å². The molecule has 0 fully saturated rings. The first-order chi connectivity index (χ1) is 11.0. The Hall–Kier alpha value is -1.60. The molecule has 0 saturated heterocycles. The van der Waals surface area contributed by atoms with Gasteiger partial charge in [0.15, 0.2) is 0 Å². The fourth-order valence-corrected chi connectivity index (χ4v) is 3.16. The first-order valence-electron chi connectivity index (χ1n) is 8.84. The lowest BCUT2D eigenvalue weighted by molar-refractivity contribution is 0.644. The zero-order valence-electron chi connectivity index (χ0n) is 15.3. The van der Waals surface area contributed by atoms with Gasteiger partial charge in [-0.15, -0.1) is 0 Å². The van der Waals surface area contributed by atoms with Crippen molar-refractivity contribution in [2.75, 3.05) is 7.05 Å². The minimum absolute atomic E-state index is 0.260. The largest absolute Gasteiger partial charge is 0.309 e. The van der Waals surface area contributed by atoms with E-state index in [4.69, 9.17) is 0 Å². The molecule has 0 aliphatic rings. The average molecular weight is 309 g/mol. The summed E-state index contributed by atoms with van der Waals surface area (Å²) in [5, 5.41) is 3.46. The topological polar surface area (TPSA) is 12.0 Å². The summed E-state index contributed by atoms with van der Waals surface area (Å²) in [6, 6.07) is 18.4. The third kappa shape index (κ3) is 5.21. The predicted octanol–water partition coefficient (Wildman–Crippen LogP) is 5.39. The first kappa shape index (κ1) is 17.7. The van der Waals surface area contributed by atoms with Crippen molar-refractivity contribution in [3.63, 3.8) is 0 Å². The van der Waals surface area contributed by atoms with Gasteiger partial charge in [-0.05, 0) is 54.0 Å². The predicted molar refractivity (Wildman–Crippen MR) is 101 cm³/mol. The molecule has 0 bridgehead atoms. The molecule has 0 unspecified atom stereocenters. The second kappa shape index (κ2) is 8.31. The number of hydrogen-bond donors (Lipinski definition) is 1. The van der Waals surface area contributed by atoms with Crippen molar-refractivity contribution in [3.05, 3.63) is 70.8 Å². The summed E-state index contributed by atoms with van der Waals surface area (Å²) in [5.74, 6) is 1.41. The summed E-state index contributed by atoms with van der Waals surface area (Å²) in [5.41, 5.74) is 5.50. The molecular formula is C22H31N. The van der Waals surface area contributed by atoms with Gasteiger partial charge in [0, 0.05) is 0 Å². The third-order valence-electron chi connectivity index (χ3n) is 4.20. The van der Waals surface area contributed by atoms with Crippen LogP contribution in [0, 0.1) is 11.8 Å². The number of rotatable bonds is 7. The molecule has 2 rings (SSSR count). The Labute approximate surface area is 142 Å². The third-order valence-corrected chi connectivity index (χ3v) is 4.20. The van der Waals surface area contributed by atoms with Crippen LogP contribution in [0.3, 0.4) is 0 Å². The molecule has 0 aliphatic carbocycles. The maximum atomic E-state index is 3.46. The van der Waals surface area contributed by atoms with Gasteiger partial charge in [0.1, 0.15) is 0 Å². The Bertz CT molecular complexity index is 525. The van der Waals surface area contributed by atoms with Crippen molar-refractivity contribution < 1.29 is 0 Å². The van der Waals surface area contributed by atoms with Crippen molar-refractivity contribution in [3.8, 4) is 0 Å². The van der Waals surface area contributed by atoms with E-state index < -0.39 is 0 Å². The van der Waals surface area contributed by atoms with Crippen LogP contribution >= 0.6 is 0 Å². The van der Waals surface area contributed by atoms with E-state index >= 15 is 0 Å². The maximum Gasteiger partial charge on any atom is 0.0574 e. The molecule has 0 aromatic heterocycles. The normalized spacial score (nSPS) is 11.7. The average Bonchev–Trinajstić information content (AvgIpc) is 2.50. The van der Waals surface area contributed by atoms with E-state index in [2.05, 4.69) is 81.5 Å². The van der Waals surface area contributed by atoms with Crippen LogP contribution in [0.1, 0.15) is 56.0 Å². The molecule has 0 aliphatic heterocycles. The van der Waals surface area contributed by atoms with Crippen molar-refractivity contribution in [2.24, 2.45) is 11.8 Å². The Balaban J connectivity index is 2.15. The first-order valence-corrected chi connectivity index (χ1v) is 8.84. The van der Waals surface area contributed by atoms with Gasteiger partial charge in [-0.25, -0.2) is 0 Å². The van der Waals surface area contributed by atoms with Gasteiger partial charge in [-0.2, -0.15) is 0 Å². The molecule has 0 radical (unpaired) electrons. The Morgan fingerprint density at radius 1 is 0.652 bits per heavy atom. The van der Waals surface area contributed by atoms with Crippen LogP contribution in [-0.4, -0.2) is 7.05 Å². The Morgan fingerprint density at radius 2 is 1.00 bits per heavy atom. The van der Waals surface area contributed by atoms with E-state index in [1.165, 1.54) is 22.3 Å². The summed E-state index contributed by atoms with van der Waals surface area (Å²) >= 11 is 0. The molecule has 1 nitrogen and oxygen atoms in total. The summed E-state index contributed by atoms with van der Waals surface area (Å²) in [4.78, 5) is 0. The monoisotopic (exact) mass is 309 g/mol. The van der Waals surface area contributed by atoms with Crippen molar-refractivity contribution in [1.82, 2.24) is 5.32 Å². The molecule has 0 amide bonds. The van der Waals surface area contributed by atoms with E-state index in [9.17, 15) is 0 Å². The molecule has 2 aromatic rings. The molecular weight excluding hydrogens is 278 g/mol. The van der Waals surface area contributed by atoms with Gasteiger partial charge in [0.25, 0.3) is 0 Å². The Kier molecular flexibility index (Phi) is 6.41. The van der Waals surface area contributed by atoms with E-state index in [0.29, 0.717) is 11.8 Å². The van der Waals surface area contributed by atoms with Gasteiger partial charge in [-0.3, -0.25) is 0 Å². The van der Waals surface area contributed by atoms with Crippen LogP contribution in [0.25, 0.3) is 0 Å². The minimum Gasteiger partial charge on any atom is -0.309 e. The highest BCUT2D eigenvalue weighted by Gasteiger charge is 2.12. The smallest absolute Gasteiger partial charge is 0.0574 e. The fourth-order valence-electron chi connectivity index (χ4n) is 3.16. The highest BCUT2D eigenvalue weighted by Crippen LogP contribution is 2.23. The molecule has 0 saturated carbocycles. The molecule has 1 N–H and O–H groups in total. The summed E-state index contributed by atoms with van der Waals surface area (Å²) in [7, 11) is 2.04. The van der Waals surface area contributed by atoms with Crippen LogP contribution in [0.5, 0.6) is 0 Å². The van der Waals surface area contributed by atoms with Crippen LogP contribution in [-0.2, 0) is 12.8 Å². The Morgan fingerprint density at radius 3 is 1.26 bits per heavy atom. The minimum atomic E-state index is 0.260. The van der Waals surface area contributed by atoms with Crippen LogP contribution in [0.2, 0.25) is 0 Å². The van der Waals surface area contributed by atoms with Crippen LogP contribution in [0.4, 0.5) is 0 Å². The second-order valence-corrected chi connectivity index (χ2v) is 7.40. The lowest BCUT2D eigenvalue weighted by Crippen LogP contribution is -2.17. The molecule has 0 spiro atoms. The number of benzene rings is 2. The fraction of sp³-hybridized carbons (Fsp3) is 0.455. The van der Waals surface area contributed by atoms with Gasteiger partial charge in [0.05, 0.1) is 6.04 Å². The summed E-state index contributed by atoms with van der Waals surface area (Å²) in [6.07, 6.45) is 2.29. The van der Waals surface area contributed by atoms with E-state index in [1.54, 1.807) is 0 Å². The molecule has 1 heteroatoms. The maximum absolute atomic E-state index is 3.46. The number of hydrogen-bond acceptors (Lipinski definition) is 1. The summed E-state index contributed by atoms with van der Waals surface area (Å²) in [6.45, 7) is 9.07.